The lowest BCUT2D eigenvalue weighted by molar-refractivity contribution is 0.922. The highest BCUT2D eigenvalue weighted by Crippen LogP contribution is 2.25. The molecule has 0 spiro atoms. The average molecular weight is 377 g/mol. The Labute approximate surface area is 158 Å². The number of nitrogens with zero attached hydrogens (tertiary/aromatic N) is 6. The highest BCUT2D eigenvalue weighted by atomic mass is 35.5. The van der Waals surface area contributed by atoms with Crippen molar-refractivity contribution in [2.24, 2.45) is 0 Å². The Morgan fingerprint density at radius 3 is 2.85 bits per heavy atom. The number of nitrogens with one attached hydrogen (secondary N) is 2. The Morgan fingerprint density at radius 2 is 1.96 bits per heavy atom. The number of anilines is 1. The predicted molar refractivity (Wildman–Crippen MR) is 102 cm³/mol. The van der Waals surface area contributed by atoms with Gasteiger partial charge in [0, 0.05) is 17.7 Å². The largest absolute Gasteiger partial charge is 0.364 e. The molecule has 9 heteroatoms. The number of aromatic amines is 1. The summed E-state index contributed by atoms with van der Waals surface area (Å²) in [4.78, 5) is 20.0. The van der Waals surface area contributed by atoms with Crippen LogP contribution in [0.3, 0.4) is 0 Å². The zero-order valence-electron chi connectivity index (χ0n) is 14.0. The highest BCUT2D eigenvalue weighted by molar-refractivity contribution is 6.29. The second-order valence-electron chi connectivity index (χ2n) is 5.91. The molecule has 0 unspecified atom stereocenters. The van der Waals surface area contributed by atoms with Crippen molar-refractivity contribution < 1.29 is 0 Å². The zero-order valence-corrected chi connectivity index (χ0v) is 14.7. The van der Waals surface area contributed by atoms with Crippen molar-refractivity contribution in [2.75, 3.05) is 5.32 Å². The maximum atomic E-state index is 6.20. The van der Waals surface area contributed by atoms with E-state index in [1.165, 1.54) is 6.33 Å². The molecule has 0 radical (unpaired) electrons. The third-order valence-electron chi connectivity index (χ3n) is 4.25. The van der Waals surface area contributed by atoms with Crippen molar-refractivity contribution in [1.82, 2.24) is 34.5 Å². The van der Waals surface area contributed by atoms with Crippen LogP contribution >= 0.6 is 11.6 Å². The van der Waals surface area contributed by atoms with Gasteiger partial charge in [0.05, 0.1) is 18.2 Å². The molecule has 5 rings (SSSR count). The zero-order chi connectivity index (χ0) is 18.2. The lowest BCUT2D eigenvalue weighted by Crippen LogP contribution is -2.07. The van der Waals surface area contributed by atoms with Crippen LogP contribution in [-0.4, -0.2) is 34.5 Å². The molecule has 2 N–H and O–H groups in total. The van der Waals surface area contributed by atoms with Gasteiger partial charge in [-0.05, 0) is 6.07 Å². The molecule has 1 aromatic carbocycles. The third-order valence-corrected chi connectivity index (χ3v) is 4.50. The van der Waals surface area contributed by atoms with E-state index >= 15 is 0 Å². The van der Waals surface area contributed by atoms with E-state index in [1.54, 1.807) is 17.0 Å². The monoisotopic (exact) mass is 376 g/mol. The van der Waals surface area contributed by atoms with Gasteiger partial charge >= 0.3 is 0 Å². The summed E-state index contributed by atoms with van der Waals surface area (Å²) in [6.07, 6.45) is 4.67. The summed E-state index contributed by atoms with van der Waals surface area (Å²) in [5, 5.41) is 8.51. The Balaban J connectivity index is 1.58. The molecule has 132 valence electrons. The van der Waals surface area contributed by atoms with E-state index in [1.807, 2.05) is 36.4 Å². The van der Waals surface area contributed by atoms with E-state index in [2.05, 4.69) is 30.2 Å². The first-order valence-electron chi connectivity index (χ1n) is 8.26. The minimum absolute atomic E-state index is 0.469. The molecule has 27 heavy (non-hydrogen) atoms. The molecular weight excluding hydrogens is 364 g/mol. The maximum Gasteiger partial charge on any atom is 0.182 e. The van der Waals surface area contributed by atoms with Gasteiger partial charge in [0.15, 0.2) is 22.3 Å². The van der Waals surface area contributed by atoms with Gasteiger partial charge in [0.25, 0.3) is 0 Å². The van der Waals surface area contributed by atoms with Crippen molar-refractivity contribution in [2.45, 2.75) is 6.54 Å². The van der Waals surface area contributed by atoms with Crippen LogP contribution in [0.2, 0.25) is 5.15 Å². The minimum Gasteiger partial charge on any atom is -0.364 e. The molecular formula is C18H13ClN8. The molecule has 0 aliphatic carbocycles. The standard InChI is InChI=1S/C18H13ClN8/c19-13-8-20-14-6-12(15(26-27(13)14)11-4-2-1-3-5-11)7-21-17-16-18(23-9-22-16)25-10-24-17/h1-6,8-10H,7H2,(H2,21,22,23,24,25). The van der Waals surface area contributed by atoms with Crippen molar-refractivity contribution >= 4 is 34.2 Å². The van der Waals surface area contributed by atoms with Crippen LogP contribution in [0.25, 0.3) is 28.1 Å². The van der Waals surface area contributed by atoms with Crippen LogP contribution in [0, 0.1) is 0 Å². The summed E-state index contributed by atoms with van der Waals surface area (Å²) in [6, 6.07) is 11.9. The number of imidazole rings is 2. The fourth-order valence-corrected chi connectivity index (χ4v) is 3.15. The van der Waals surface area contributed by atoms with Crippen LogP contribution in [-0.2, 0) is 6.54 Å². The van der Waals surface area contributed by atoms with Gasteiger partial charge in [-0.15, -0.1) is 0 Å². The van der Waals surface area contributed by atoms with Gasteiger partial charge in [-0.1, -0.05) is 41.9 Å². The molecule has 5 aromatic rings. The van der Waals surface area contributed by atoms with E-state index in [0.717, 1.165) is 22.3 Å². The number of benzene rings is 1. The molecule has 0 fully saturated rings. The third kappa shape index (κ3) is 2.76. The summed E-state index contributed by atoms with van der Waals surface area (Å²) in [7, 11) is 0. The van der Waals surface area contributed by atoms with E-state index < -0.39 is 0 Å². The first kappa shape index (κ1) is 15.7. The van der Waals surface area contributed by atoms with E-state index in [4.69, 9.17) is 16.7 Å². The first-order valence-corrected chi connectivity index (χ1v) is 8.64. The quantitative estimate of drug-likeness (QED) is 0.499. The van der Waals surface area contributed by atoms with Crippen molar-refractivity contribution in [3.8, 4) is 11.3 Å². The molecule has 0 saturated carbocycles. The molecule has 4 aromatic heterocycles. The van der Waals surface area contributed by atoms with Gasteiger partial charge in [0.1, 0.15) is 11.8 Å². The first-order chi connectivity index (χ1) is 13.3. The number of aromatic nitrogens is 7. The Morgan fingerprint density at radius 1 is 1.07 bits per heavy atom. The summed E-state index contributed by atoms with van der Waals surface area (Å²) >= 11 is 6.20. The van der Waals surface area contributed by atoms with Gasteiger partial charge in [0.2, 0.25) is 0 Å². The fraction of sp³-hybridized carbons (Fsp3) is 0.0556. The van der Waals surface area contributed by atoms with Gasteiger partial charge in [-0.2, -0.15) is 5.10 Å². The number of hydrogen-bond donors (Lipinski definition) is 2. The molecule has 0 amide bonds. The Bertz CT molecular complexity index is 1240. The number of hydrogen-bond acceptors (Lipinski definition) is 6. The lowest BCUT2D eigenvalue weighted by atomic mass is 10.1. The predicted octanol–water partition coefficient (Wildman–Crippen LogP) is 3.33. The average Bonchev–Trinajstić information content (AvgIpc) is 3.33. The summed E-state index contributed by atoms with van der Waals surface area (Å²) < 4.78 is 1.63. The number of rotatable bonds is 4. The van der Waals surface area contributed by atoms with Crippen LogP contribution in [0.5, 0.6) is 0 Å². The molecule has 0 saturated heterocycles. The topological polar surface area (TPSA) is 96.7 Å². The normalized spacial score (nSPS) is 11.3. The van der Waals surface area contributed by atoms with E-state index in [0.29, 0.717) is 28.8 Å². The molecule has 4 heterocycles. The molecule has 0 aliphatic heterocycles. The fourth-order valence-electron chi connectivity index (χ4n) is 2.98. The Kier molecular flexibility index (Phi) is 3.68. The molecule has 0 atom stereocenters. The van der Waals surface area contributed by atoms with Crippen LogP contribution in [0.1, 0.15) is 5.56 Å². The maximum absolute atomic E-state index is 6.20. The van der Waals surface area contributed by atoms with Crippen molar-refractivity contribution in [1.29, 1.82) is 0 Å². The second kappa shape index (κ2) is 6.33. The molecule has 0 aliphatic rings. The van der Waals surface area contributed by atoms with Crippen LogP contribution < -0.4 is 5.32 Å². The molecule has 8 nitrogen and oxygen atoms in total. The van der Waals surface area contributed by atoms with Crippen LogP contribution in [0.15, 0.2) is 55.2 Å². The minimum atomic E-state index is 0.469. The van der Waals surface area contributed by atoms with Crippen molar-refractivity contribution in [3.05, 3.63) is 66.0 Å². The number of H-pyrrole nitrogens is 1. The number of fused-ring (bicyclic) bond motifs is 2. The SMILES string of the molecule is Clc1cnc2cc(CNc3ncnc4nc[nH]c34)c(-c3ccccc3)nn12. The van der Waals surface area contributed by atoms with E-state index in [-0.39, 0.29) is 0 Å². The van der Waals surface area contributed by atoms with Crippen LogP contribution in [0.4, 0.5) is 5.82 Å². The number of halogens is 1. The second-order valence-corrected chi connectivity index (χ2v) is 6.30. The molecule has 0 bridgehead atoms. The smallest absolute Gasteiger partial charge is 0.182 e. The van der Waals surface area contributed by atoms with Gasteiger partial charge in [-0.25, -0.2) is 24.5 Å². The van der Waals surface area contributed by atoms with E-state index in [9.17, 15) is 0 Å². The Hall–Kier alpha value is -3.52. The van der Waals surface area contributed by atoms with Crippen molar-refractivity contribution in [3.63, 3.8) is 0 Å². The highest BCUT2D eigenvalue weighted by Gasteiger charge is 2.13. The lowest BCUT2D eigenvalue weighted by Gasteiger charge is -2.12. The van der Waals surface area contributed by atoms with Gasteiger partial charge in [-0.3, -0.25) is 0 Å². The summed E-state index contributed by atoms with van der Waals surface area (Å²) in [5.74, 6) is 0.678. The summed E-state index contributed by atoms with van der Waals surface area (Å²) in [5.41, 5.74) is 4.86. The summed E-state index contributed by atoms with van der Waals surface area (Å²) in [6.45, 7) is 0.503. The van der Waals surface area contributed by atoms with Gasteiger partial charge < -0.3 is 10.3 Å².